The van der Waals surface area contributed by atoms with Crippen LogP contribution in [0.25, 0.3) is 4.96 Å². The number of rotatable bonds is 3. The van der Waals surface area contributed by atoms with Crippen LogP contribution in [0.5, 0.6) is 0 Å². The van der Waals surface area contributed by atoms with Crippen molar-refractivity contribution in [3.8, 4) is 0 Å². The Kier molecular flexibility index (Phi) is 4.50. The lowest BCUT2D eigenvalue weighted by molar-refractivity contribution is 0.380. The van der Waals surface area contributed by atoms with Gasteiger partial charge in [-0.15, -0.1) is 11.3 Å². The molecule has 3 heterocycles. The van der Waals surface area contributed by atoms with Gasteiger partial charge >= 0.3 is 0 Å². The van der Waals surface area contributed by atoms with Crippen molar-refractivity contribution in [2.45, 2.75) is 6.54 Å². The zero-order chi connectivity index (χ0) is 17.2. The van der Waals surface area contributed by atoms with E-state index in [0.29, 0.717) is 12.5 Å². The number of benzene rings is 1. The Bertz CT molecular complexity index is 848. The van der Waals surface area contributed by atoms with Crippen LogP contribution in [0, 0.1) is 0 Å². The fourth-order valence-corrected chi connectivity index (χ4v) is 3.80. The zero-order valence-electron chi connectivity index (χ0n) is 13.7. The molecule has 1 fully saturated rings. The number of halogens is 1. The zero-order valence-corrected chi connectivity index (χ0v) is 15.2. The minimum atomic E-state index is 0.512. The monoisotopic (exact) mass is 374 g/mol. The molecule has 4 rings (SSSR count). The van der Waals surface area contributed by atoms with Crippen LogP contribution in [0.15, 0.2) is 47.0 Å². The number of nitrogens with zero attached hydrogens (tertiary/aromatic N) is 5. The van der Waals surface area contributed by atoms with E-state index in [9.17, 15) is 0 Å². The van der Waals surface area contributed by atoms with Gasteiger partial charge in [-0.05, 0) is 24.3 Å². The van der Waals surface area contributed by atoms with Gasteiger partial charge in [0.1, 0.15) is 0 Å². The average molecular weight is 375 g/mol. The number of fused-ring (bicyclic) bond motifs is 1. The van der Waals surface area contributed by atoms with E-state index in [1.807, 2.05) is 34.3 Å². The summed E-state index contributed by atoms with van der Waals surface area (Å²) in [5.41, 5.74) is 8.31. The van der Waals surface area contributed by atoms with Crippen LogP contribution in [-0.4, -0.2) is 46.4 Å². The minimum Gasteiger partial charge on any atom is -0.370 e. The maximum atomic E-state index is 6.18. The number of piperazine rings is 1. The molecular formula is C17H19ClN6S. The number of hydrogen-bond donors (Lipinski definition) is 1. The van der Waals surface area contributed by atoms with E-state index < -0.39 is 0 Å². The Morgan fingerprint density at radius 3 is 2.68 bits per heavy atom. The summed E-state index contributed by atoms with van der Waals surface area (Å²) in [6.45, 7) is 4.06. The first kappa shape index (κ1) is 16.2. The molecular weight excluding hydrogens is 356 g/mol. The molecule has 0 bridgehead atoms. The van der Waals surface area contributed by atoms with Crippen molar-refractivity contribution in [1.82, 2.24) is 14.3 Å². The predicted octanol–water partition coefficient (Wildman–Crippen LogP) is 2.69. The molecule has 3 aromatic rings. The van der Waals surface area contributed by atoms with Gasteiger partial charge in [-0.1, -0.05) is 11.6 Å². The Morgan fingerprint density at radius 2 is 1.96 bits per heavy atom. The van der Waals surface area contributed by atoms with Gasteiger partial charge in [0, 0.05) is 54.7 Å². The molecule has 0 aliphatic carbocycles. The molecule has 1 aliphatic rings. The SMILES string of the molecule is NC(=NCc1cn2ccsc2n1)N1CCN(c2ccc(Cl)cc2)CC1. The predicted molar refractivity (Wildman–Crippen MR) is 104 cm³/mol. The molecule has 0 saturated carbocycles. The first-order valence-corrected chi connectivity index (χ1v) is 9.41. The van der Waals surface area contributed by atoms with Gasteiger partial charge in [0.05, 0.1) is 12.2 Å². The molecule has 25 heavy (non-hydrogen) atoms. The maximum Gasteiger partial charge on any atom is 0.193 e. The second-order valence-electron chi connectivity index (χ2n) is 5.95. The third-order valence-electron chi connectivity index (χ3n) is 4.34. The number of aliphatic imine (C=N–C) groups is 1. The summed E-state index contributed by atoms with van der Waals surface area (Å²) in [6, 6.07) is 7.96. The number of thiazole rings is 1. The van der Waals surface area contributed by atoms with Crippen molar-refractivity contribution in [3.63, 3.8) is 0 Å². The average Bonchev–Trinajstić information content (AvgIpc) is 3.22. The molecule has 1 aromatic carbocycles. The quantitative estimate of drug-likeness (QED) is 0.565. The van der Waals surface area contributed by atoms with Gasteiger partial charge in [0.15, 0.2) is 10.9 Å². The Hall–Kier alpha value is -2.25. The van der Waals surface area contributed by atoms with Crippen molar-refractivity contribution < 1.29 is 0 Å². The number of imidazole rings is 1. The fraction of sp³-hybridized carbons (Fsp3) is 0.294. The van der Waals surface area contributed by atoms with Gasteiger partial charge in [0.2, 0.25) is 0 Å². The lowest BCUT2D eigenvalue weighted by atomic mass is 10.2. The summed E-state index contributed by atoms with van der Waals surface area (Å²) in [5, 5.41) is 2.78. The lowest BCUT2D eigenvalue weighted by Gasteiger charge is -2.36. The van der Waals surface area contributed by atoms with E-state index in [-0.39, 0.29) is 0 Å². The van der Waals surface area contributed by atoms with Crippen LogP contribution in [0.1, 0.15) is 5.69 Å². The van der Waals surface area contributed by atoms with E-state index in [1.165, 1.54) is 5.69 Å². The smallest absolute Gasteiger partial charge is 0.193 e. The van der Waals surface area contributed by atoms with Crippen molar-refractivity contribution >= 4 is 39.5 Å². The van der Waals surface area contributed by atoms with Gasteiger partial charge in [-0.3, -0.25) is 4.40 Å². The highest BCUT2D eigenvalue weighted by Gasteiger charge is 2.18. The van der Waals surface area contributed by atoms with Crippen LogP contribution in [0.3, 0.4) is 0 Å². The van der Waals surface area contributed by atoms with Crippen LogP contribution >= 0.6 is 22.9 Å². The summed E-state index contributed by atoms with van der Waals surface area (Å²) in [6.07, 6.45) is 4.00. The normalized spacial score (nSPS) is 16.0. The lowest BCUT2D eigenvalue weighted by Crippen LogP contribution is -2.51. The van der Waals surface area contributed by atoms with Crippen LogP contribution in [0.2, 0.25) is 5.02 Å². The molecule has 1 saturated heterocycles. The Labute approximate surface area is 155 Å². The first-order valence-electron chi connectivity index (χ1n) is 8.15. The topological polar surface area (TPSA) is 62.2 Å². The van der Waals surface area contributed by atoms with Gasteiger partial charge in [-0.25, -0.2) is 9.98 Å². The highest BCUT2D eigenvalue weighted by molar-refractivity contribution is 7.15. The molecule has 2 N–H and O–H groups in total. The highest BCUT2D eigenvalue weighted by atomic mass is 35.5. The van der Waals surface area contributed by atoms with Crippen LogP contribution in [-0.2, 0) is 6.54 Å². The number of anilines is 1. The molecule has 0 radical (unpaired) electrons. The number of nitrogens with two attached hydrogens (primary N) is 1. The minimum absolute atomic E-state index is 0.512. The Morgan fingerprint density at radius 1 is 1.20 bits per heavy atom. The molecule has 0 unspecified atom stereocenters. The molecule has 6 nitrogen and oxygen atoms in total. The van der Waals surface area contributed by atoms with E-state index in [0.717, 1.165) is 41.9 Å². The van der Waals surface area contributed by atoms with Crippen molar-refractivity contribution in [3.05, 3.63) is 52.8 Å². The third-order valence-corrected chi connectivity index (χ3v) is 5.36. The van der Waals surface area contributed by atoms with Crippen molar-refractivity contribution in [2.75, 3.05) is 31.1 Å². The summed E-state index contributed by atoms with van der Waals surface area (Å²) in [7, 11) is 0. The standard InChI is InChI=1S/C17H19ClN6S/c18-13-1-3-15(4-2-13)22-5-7-23(8-6-22)16(19)20-11-14-12-24-9-10-25-17(24)21-14/h1-4,9-10,12H,5-8,11H2,(H2,19,20). The molecule has 0 spiro atoms. The molecule has 130 valence electrons. The van der Waals surface area contributed by atoms with E-state index in [4.69, 9.17) is 17.3 Å². The first-order chi connectivity index (χ1) is 12.2. The summed E-state index contributed by atoms with van der Waals surface area (Å²) < 4.78 is 2.01. The van der Waals surface area contributed by atoms with Gasteiger partial charge in [0.25, 0.3) is 0 Å². The largest absolute Gasteiger partial charge is 0.370 e. The molecule has 0 amide bonds. The van der Waals surface area contributed by atoms with E-state index in [1.54, 1.807) is 11.3 Å². The second kappa shape index (κ2) is 6.93. The summed E-state index contributed by atoms with van der Waals surface area (Å²) in [4.78, 5) is 14.5. The van der Waals surface area contributed by atoms with Crippen molar-refractivity contribution in [2.24, 2.45) is 10.7 Å². The molecule has 2 aromatic heterocycles. The van der Waals surface area contributed by atoms with Crippen LogP contribution < -0.4 is 10.6 Å². The fourth-order valence-electron chi connectivity index (χ4n) is 2.96. The van der Waals surface area contributed by atoms with E-state index in [2.05, 4.69) is 31.9 Å². The van der Waals surface area contributed by atoms with Gasteiger partial charge < -0.3 is 15.5 Å². The molecule has 0 atom stereocenters. The highest BCUT2D eigenvalue weighted by Crippen LogP contribution is 2.19. The van der Waals surface area contributed by atoms with Gasteiger partial charge in [-0.2, -0.15) is 0 Å². The van der Waals surface area contributed by atoms with Crippen LogP contribution in [0.4, 0.5) is 5.69 Å². The Balaban J connectivity index is 1.34. The summed E-state index contributed by atoms with van der Waals surface area (Å²) in [5.74, 6) is 0.590. The number of aromatic nitrogens is 2. The third kappa shape index (κ3) is 3.57. The second-order valence-corrected chi connectivity index (χ2v) is 7.26. The van der Waals surface area contributed by atoms with Crippen molar-refractivity contribution in [1.29, 1.82) is 0 Å². The number of hydrogen-bond acceptors (Lipinski definition) is 4. The molecule has 1 aliphatic heterocycles. The molecule has 8 heteroatoms. The number of guanidine groups is 1. The maximum absolute atomic E-state index is 6.18. The van der Waals surface area contributed by atoms with E-state index >= 15 is 0 Å². The summed E-state index contributed by atoms with van der Waals surface area (Å²) >= 11 is 7.57.